The van der Waals surface area contributed by atoms with Crippen molar-refractivity contribution in [2.24, 2.45) is 22.7 Å². The SMILES string of the molecule is CC(C)C(Br)C(=O)NCC1C(C)(C)C1(C)C. The molecular formula is C13H24BrNO. The average Bonchev–Trinajstić information content (AvgIpc) is 2.53. The Hall–Kier alpha value is -0.0500. The lowest BCUT2D eigenvalue weighted by molar-refractivity contribution is -0.121. The zero-order valence-electron chi connectivity index (χ0n) is 11.2. The summed E-state index contributed by atoms with van der Waals surface area (Å²) in [5.41, 5.74) is 0.694. The van der Waals surface area contributed by atoms with Crippen LogP contribution in [0.3, 0.4) is 0 Å². The molecule has 1 unspecified atom stereocenters. The molecule has 16 heavy (non-hydrogen) atoms. The van der Waals surface area contributed by atoms with Crippen molar-refractivity contribution in [1.29, 1.82) is 0 Å². The van der Waals surface area contributed by atoms with Crippen molar-refractivity contribution in [2.75, 3.05) is 6.54 Å². The van der Waals surface area contributed by atoms with E-state index in [1.165, 1.54) is 0 Å². The smallest absolute Gasteiger partial charge is 0.234 e. The molecule has 1 atom stereocenters. The number of hydrogen-bond donors (Lipinski definition) is 1. The molecular weight excluding hydrogens is 266 g/mol. The molecule has 0 bridgehead atoms. The van der Waals surface area contributed by atoms with Gasteiger partial charge in [0.05, 0.1) is 4.83 Å². The third-order valence-electron chi connectivity index (χ3n) is 4.64. The van der Waals surface area contributed by atoms with Crippen LogP contribution in [0.5, 0.6) is 0 Å². The first-order valence-electron chi connectivity index (χ1n) is 6.04. The molecule has 1 fully saturated rings. The largest absolute Gasteiger partial charge is 0.355 e. The van der Waals surface area contributed by atoms with E-state index in [1.54, 1.807) is 0 Å². The highest BCUT2D eigenvalue weighted by molar-refractivity contribution is 9.10. The highest BCUT2D eigenvalue weighted by Gasteiger charge is 2.64. The highest BCUT2D eigenvalue weighted by atomic mass is 79.9. The molecule has 0 aromatic carbocycles. The fourth-order valence-corrected chi connectivity index (χ4v) is 2.61. The first-order valence-corrected chi connectivity index (χ1v) is 6.95. The summed E-state index contributed by atoms with van der Waals surface area (Å²) in [6.45, 7) is 14.0. The summed E-state index contributed by atoms with van der Waals surface area (Å²) < 4.78 is 0. The lowest BCUT2D eigenvalue weighted by Gasteiger charge is -2.14. The molecule has 1 aliphatic carbocycles. The molecule has 1 N–H and O–H groups in total. The molecule has 1 rings (SSSR count). The lowest BCUT2D eigenvalue weighted by atomic mass is 10.0. The zero-order valence-corrected chi connectivity index (χ0v) is 12.8. The molecule has 0 aromatic heterocycles. The van der Waals surface area contributed by atoms with Crippen LogP contribution in [0.15, 0.2) is 0 Å². The predicted molar refractivity (Wildman–Crippen MR) is 71.6 cm³/mol. The van der Waals surface area contributed by atoms with Crippen LogP contribution in [0, 0.1) is 22.7 Å². The number of alkyl halides is 1. The van der Waals surface area contributed by atoms with E-state index >= 15 is 0 Å². The monoisotopic (exact) mass is 289 g/mol. The third kappa shape index (κ3) is 2.29. The fraction of sp³-hybridized carbons (Fsp3) is 0.923. The van der Waals surface area contributed by atoms with Gasteiger partial charge in [-0.3, -0.25) is 4.79 Å². The van der Waals surface area contributed by atoms with E-state index in [0.29, 0.717) is 22.7 Å². The zero-order chi connectivity index (χ0) is 12.7. The van der Waals surface area contributed by atoms with Gasteiger partial charge in [0.1, 0.15) is 0 Å². The molecule has 0 aliphatic heterocycles. The van der Waals surface area contributed by atoms with Crippen LogP contribution < -0.4 is 5.32 Å². The predicted octanol–water partition coefficient (Wildman–Crippen LogP) is 3.20. The van der Waals surface area contributed by atoms with E-state index in [1.807, 2.05) is 13.8 Å². The summed E-state index contributed by atoms with van der Waals surface area (Å²) in [7, 11) is 0. The van der Waals surface area contributed by atoms with Crippen molar-refractivity contribution < 1.29 is 4.79 Å². The van der Waals surface area contributed by atoms with E-state index in [2.05, 4.69) is 48.9 Å². The van der Waals surface area contributed by atoms with Gasteiger partial charge in [0.25, 0.3) is 0 Å². The van der Waals surface area contributed by atoms with Gasteiger partial charge in [0.2, 0.25) is 5.91 Å². The van der Waals surface area contributed by atoms with Crippen molar-refractivity contribution in [3.8, 4) is 0 Å². The van der Waals surface area contributed by atoms with E-state index in [9.17, 15) is 4.79 Å². The summed E-state index contributed by atoms with van der Waals surface area (Å²) >= 11 is 3.42. The minimum absolute atomic E-state index is 0.0718. The van der Waals surface area contributed by atoms with E-state index < -0.39 is 0 Å². The molecule has 1 amide bonds. The van der Waals surface area contributed by atoms with Crippen molar-refractivity contribution >= 4 is 21.8 Å². The van der Waals surface area contributed by atoms with Gasteiger partial charge in [0, 0.05) is 6.54 Å². The van der Waals surface area contributed by atoms with E-state index in [-0.39, 0.29) is 10.7 Å². The normalized spacial score (nSPS) is 24.2. The Morgan fingerprint density at radius 3 is 2.00 bits per heavy atom. The minimum atomic E-state index is -0.0718. The molecule has 0 radical (unpaired) electrons. The van der Waals surface area contributed by atoms with Crippen molar-refractivity contribution in [3.05, 3.63) is 0 Å². The standard InChI is InChI=1S/C13H24BrNO/c1-8(2)10(14)11(16)15-7-9-12(3,4)13(9,5)6/h8-10H,7H2,1-6H3,(H,15,16). The summed E-state index contributed by atoms with van der Waals surface area (Å²) in [6.07, 6.45) is 0. The second-order valence-corrected chi connectivity index (χ2v) is 7.37. The minimum Gasteiger partial charge on any atom is -0.355 e. The maximum atomic E-state index is 11.8. The molecule has 0 aromatic rings. The Kier molecular flexibility index (Phi) is 3.78. The Bertz CT molecular complexity index is 270. The molecule has 0 saturated heterocycles. The number of nitrogens with one attached hydrogen (secondary N) is 1. The Labute approximate surface area is 108 Å². The highest BCUT2D eigenvalue weighted by Crippen LogP contribution is 2.67. The van der Waals surface area contributed by atoms with Crippen LogP contribution in [0.4, 0.5) is 0 Å². The number of carbonyl (C=O) groups is 1. The van der Waals surface area contributed by atoms with Crippen molar-refractivity contribution in [3.63, 3.8) is 0 Å². The van der Waals surface area contributed by atoms with Gasteiger partial charge in [-0.05, 0) is 22.7 Å². The Morgan fingerprint density at radius 1 is 1.25 bits per heavy atom. The maximum Gasteiger partial charge on any atom is 0.234 e. The van der Waals surface area contributed by atoms with Crippen LogP contribution in [0.25, 0.3) is 0 Å². The van der Waals surface area contributed by atoms with Gasteiger partial charge in [-0.25, -0.2) is 0 Å². The Balaban J connectivity index is 2.41. The quantitative estimate of drug-likeness (QED) is 0.791. The summed E-state index contributed by atoms with van der Waals surface area (Å²) in [5.74, 6) is 1.05. The number of hydrogen-bond acceptors (Lipinski definition) is 1. The Morgan fingerprint density at radius 2 is 1.69 bits per heavy atom. The van der Waals surface area contributed by atoms with Crippen LogP contribution in [0.2, 0.25) is 0 Å². The molecule has 2 nitrogen and oxygen atoms in total. The molecule has 94 valence electrons. The number of carbonyl (C=O) groups excluding carboxylic acids is 1. The summed E-state index contributed by atoms with van der Waals surface area (Å²) in [6, 6.07) is 0. The topological polar surface area (TPSA) is 29.1 Å². The first kappa shape index (κ1) is 14.0. The van der Waals surface area contributed by atoms with Crippen LogP contribution >= 0.6 is 15.9 Å². The van der Waals surface area contributed by atoms with Gasteiger partial charge in [-0.15, -0.1) is 0 Å². The van der Waals surface area contributed by atoms with Gasteiger partial charge in [-0.2, -0.15) is 0 Å². The number of halogens is 1. The fourth-order valence-electron chi connectivity index (χ4n) is 2.45. The summed E-state index contributed by atoms with van der Waals surface area (Å²) in [4.78, 5) is 11.7. The number of amides is 1. The molecule has 0 heterocycles. The maximum absolute atomic E-state index is 11.8. The van der Waals surface area contributed by atoms with Gasteiger partial charge < -0.3 is 5.32 Å². The molecule has 1 aliphatic rings. The van der Waals surface area contributed by atoms with Crippen LogP contribution in [0.1, 0.15) is 41.5 Å². The number of rotatable bonds is 4. The lowest BCUT2D eigenvalue weighted by Crippen LogP contribution is -2.35. The van der Waals surface area contributed by atoms with Crippen LogP contribution in [-0.2, 0) is 4.79 Å². The van der Waals surface area contributed by atoms with Crippen molar-refractivity contribution in [1.82, 2.24) is 5.32 Å². The van der Waals surface area contributed by atoms with E-state index in [4.69, 9.17) is 0 Å². The molecule has 0 spiro atoms. The average molecular weight is 290 g/mol. The first-order chi connectivity index (χ1) is 7.12. The van der Waals surface area contributed by atoms with E-state index in [0.717, 1.165) is 6.54 Å². The van der Waals surface area contributed by atoms with Crippen LogP contribution in [-0.4, -0.2) is 17.3 Å². The molecule has 1 saturated carbocycles. The van der Waals surface area contributed by atoms with Gasteiger partial charge in [-0.1, -0.05) is 57.5 Å². The van der Waals surface area contributed by atoms with Gasteiger partial charge >= 0.3 is 0 Å². The van der Waals surface area contributed by atoms with Gasteiger partial charge in [0.15, 0.2) is 0 Å². The second-order valence-electron chi connectivity index (χ2n) is 6.39. The molecule has 3 heteroatoms. The van der Waals surface area contributed by atoms with Crippen molar-refractivity contribution in [2.45, 2.75) is 46.4 Å². The second kappa shape index (κ2) is 4.32. The third-order valence-corrected chi connectivity index (χ3v) is 6.11. The summed E-state index contributed by atoms with van der Waals surface area (Å²) in [5, 5.41) is 3.05.